The fraction of sp³-hybridized carbons (Fsp3) is 0.385. The number of benzene rings is 1. The van der Waals surface area contributed by atoms with Gasteiger partial charge >= 0.3 is 10.2 Å². The first kappa shape index (κ1) is 28.2. The van der Waals surface area contributed by atoms with Crippen molar-refractivity contribution in [3.8, 4) is 5.75 Å². The second-order valence-electron chi connectivity index (χ2n) is 10.1. The van der Waals surface area contributed by atoms with Gasteiger partial charge in [-0.15, -0.1) is 10.2 Å². The highest BCUT2D eigenvalue weighted by atomic mass is 32.2. The molecule has 2 fully saturated rings. The monoisotopic (exact) mass is 619 g/mol. The molecule has 1 N–H and O–H groups in total. The highest BCUT2D eigenvalue weighted by Crippen LogP contribution is 2.42. The summed E-state index contributed by atoms with van der Waals surface area (Å²) in [5, 5.41) is 8.27. The first-order chi connectivity index (χ1) is 20.1. The molecule has 2 aliphatic heterocycles. The van der Waals surface area contributed by atoms with Crippen LogP contribution in [-0.2, 0) is 14.9 Å². The molecule has 12 nitrogen and oxygen atoms in total. The molecule has 1 aromatic carbocycles. The molecule has 0 aliphatic carbocycles. The van der Waals surface area contributed by atoms with Gasteiger partial charge in [0.05, 0.1) is 31.1 Å². The van der Waals surface area contributed by atoms with Gasteiger partial charge in [-0.25, -0.2) is 22.8 Å². The van der Waals surface area contributed by atoms with Crippen LogP contribution in [0.25, 0.3) is 5.65 Å². The predicted molar refractivity (Wildman–Crippen MR) is 150 cm³/mol. The number of carbonyl (C=O) groups excluding carboxylic acids is 1. The minimum atomic E-state index is -4.31. The lowest BCUT2D eigenvalue weighted by molar-refractivity contribution is 0.0975. The molecule has 4 aromatic rings. The Morgan fingerprint density at radius 1 is 1.26 bits per heavy atom. The molecule has 0 spiro atoms. The van der Waals surface area contributed by atoms with E-state index in [-0.39, 0.29) is 29.9 Å². The van der Waals surface area contributed by atoms with E-state index in [1.807, 2.05) is 4.72 Å². The maximum Gasteiger partial charge on any atom is 0.328 e. The number of nitrogens with zero attached hydrogens (tertiary/aromatic N) is 6. The molecule has 0 bridgehead atoms. The summed E-state index contributed by atoms with van der Waals surface area (Å²) in [5.74, 6) is -0.936. The normalized spacial score (nSPS) is 20.8. The number of halogens is 2. The number of anilines is 2. The number of pyridine rings is 1. The number of hydrogen-bond donors (Lipinski definition) is 1. The lowest BCUT2D eigenvalue weighted by Crippen LogP contribution is -2.42. The molecular formula is C26H27F2N7O5S2. The average molecular weight is 620 g/mol. The summed E-state index contributed by atoms with van der Waals surface area (Å²) in [4.78, 5) is 19.1. The number of amides is 1. The van der Waals surface area contributed by atoms with Crippen LogP contribution in [0.4, 0.5) is 19.6 Å². The summed E-state index contributed by atoms with van der Waals surface area (Å²) in [6.07, 6.45) is 2.25. The van der Waals surface area contributed by atoms with Gasteiger partial charge in [-0.05, 0) is 37.3 Å². The summed E-state index contributed by atoms with van der Waals surface area (Å²) in [5.41, 5.74) is 1.36. The van der Waals surface area contributed by atoms with Crippen LogP contribution in [0, 0.1) is 12.7 Å². The molecule has 222 valence electrons. The predicted octanol–water partition coefficient (Wildman–Crippen LogP) is 3.20. The Kier molecular flexibility index (Phi) is 7.44. The zero-order chi connectivity index (χ0) is 29.6. The van der Waals surface area contributed by atoms with Crippen molar-refractivity contribution in [1.29, 1.82) is 0 Å². The summed E-state index contributed by atoms with van der Waals surface area (Å²) in [6, 6.07) is 7.02. The van der Waals surface area contributed by atoms with E-state index >= 15 is 0 Å². The number of fused-ring (bicyclic) bond motifs is 1. The van der Waals surface area contributed by atoms with E-state index < -0.39 is 34.1 Å². The number of imidazole rings is 1. The second kappa shape index (κ2) is 11.1. The first-order valence-corrected chi connectivity index (χ1v) is 15.4. The highest BCUT2D eigenvalue weighted by Gasteiger charge is 2.36. The van der Waals surface area contributed by atoms with Gasteiger partial charge in [0.1, 0.15) is 40.2 Å². The zero-order valence-electron chi connectivity index (χ0n) is 22.6. The number of aryl methyl sites for hydroxylation is 1. The van der Waals surface area contributed by atoms with Gasteiger partial charge in [-0.2, -0.15) is 8.42 Å². The summed E-state index contributed by atoms with van der Waals surface area (Å²) < 4.78 is 71.0. The smallest absolute Gasteiger partial charge is 0.328 e. The minimum Gasteiger partial charge on any atom is -0.488 e. The van der Waals surface area contributed by atoms with Crippen molar-refractivity contribution in [2.24, 2.45) is 0 Å². The standard InChI is InChI=1S/C26H27F2N7O5S2/c1-15-30-31-26(41-15)33(2)42(37,38)32-25(36)22-11-29-24-6-4-18(13-35(22)24)34-12-17(28)10-21(34)20-9-16(27)3-5-23(20)40-19-7-8-39-14-19/h3-6,9,11,13,17,19,21H,7-8,10,12,14H2,1-2H3,(H,32,36)/t17-,19?,21+/m0/s1. The number of rotatable bonds is 8. The fourth-order valence-corrected chi connectivity index (χ4v) is 6.78. The van der Waals surface area contributed by atoms with E-state index in [4.69, 9.17) is 9.47 Å². The van der Waals surface area contributed by atoms with Crippen molar-refractivity contribution in [1.82, 2.24) is 24.3 Å². The zero-order valence-corrected chi connectivity index (χ0v) is 24.2. The number of alkyl halides is 1. The van der Waals surface area contributed by atoms with Crippen LogP contribution in [-0.4, -0.2) is 73.0 Å². The number of carbonyl (C=O) groups is 1. The van der Waals surface area contributed by atoms with E-state index in [0.717, 1.165) is 15.6 Å². The van der Waals surface area contributed by atoms with Crippen molar-refractivity contribution >= 4 is 43.9 Å². The van der Waals surface area contributed by atoms with Gasteiger partial charge in [0.15, 0.2) is 0 Å². The van der Waals surface area contributed by atoms with E-state index in [0.29, 0.717) is 47.3 Å². The lowest BCUT2D eigenvalue weighted by Gasteiger charge is -2.29. The topological polar surface area (TPSA) is 131 Å². The molecule has 6 rings (SSSR count). The fourth-order valence-electron chi connectivity index (χ4n) is 5.10. The molecule has 42 heavy (non-hydrogen) atoms. The number of aromatic nitrogens is 4. The molecule has 1 amide bonds. The molecule has 2 saturated heterocycles. The van der Waals surface area contributed by atoms with Crippen molar-refractivity contribution in [2.45, 2.75) is 38.1 Å². The van der Waals surface area contributed by atoms with Crippen LogP contribution in [0.2, 0.25) is 0 Å². The molecular weight excluding hydrogens is 592 g/mol. The van der Waals surface area contributed by atoms with E-state index in [1.165, 1.54) is 29.8 Å². The quantitative estimate of drug-likeness (QED) is 0.316. The number of hydrogen-bond acceptors (Lipinski definition) is 10. The van der Waals surface area contributed by atoms with Crippen molar-refractivity contribution < 1.29 is 31.5 Å². The van der Waals surface area contributed by atoms with Gasteiger partial charge in [0.2, 0.25) is 5.13 Å². The molecule has 0 saturated carbocycles. The molecule has 16 heteroatoms. The molecule has 3 aromatic heterocycles. The molecule has 5 heterocycles. The van der Waals surface area contributed by atoms with Crippen molar-refractivity contribution in [3.05, 3.63) is 64.8 Å². The van der Waals surface area contributed by atoms with Gasteiger partial charge in [-0.3, -0.25) is 9.20 Å². The summed E-state index contributed by atoms with van der Waals surface area (Å²) >= 11 is 1.06. The van der Waals surface area contributed by atoms with E-state index in [1.54, 1.807) is 36.2 Å². The van der Waals surface area contributed by atoms with Gasteiger partial charge in [-0.1, -0.05) is 11.3 Å². The van der Waals surface area contributed by atoms with Crippen LogP contribution in [0.1, 0.15) is 39.9 Å². The highest BCUT2D eigenvalue weighted by molar-refractivity contribution is 7.91. The lowest BCUT2D eigenvalue weighted by atomic mass is 10.0. The Bertz CT molecular complexity index is 1740. The Labute approximate surface area is 244 Å². The van der Waals surface area contributed by atoms with Crippen molar-refractivity contribution in [3.63, 3.8) is 0 Å². The number of ether oxygens (including phenoxy) is 2. The molecule has 0 radical (unpaired) electrons. The van der Waals surface area contributed by atoms with Crippen LogP contribution in [0.15, 0.2) is 42.7 Å². The van der Waals surface area contributed by atoms with Crippen molar-refractivity contribution in [2.75, 3.05) is 36.0 Å². The van der Waals surface area contributed by atoms with Gasteiger partial charge < -0.3 is 14.4 Å². The SMILES string of the molecule is Cc1nnc(N(C)S(=O)(=O)NC(=O)c2cnc3ccc(N4C[C@@H](F)C[C@@H]4c4cc(F)ccc4OC4CCOC4)cn23)s1. The largest absolute Gasteiger partial charge is 0.488 e. The van der Waals surface area contributed by atoms with E-state index in [2.05, 4.69) is 15.2 Å². The van der Waals surface area contributed by atoms with Crippen LogP contribution < -0.4 is 18.7 Å². The van der Waals surface area contributed by atoms with Crippen LogP contribution in [0.5, 0.6) is 5.75 Å². The third-order valence-electron chi connectivity index (χ3n) is 7.18. The Hall–Kier alpha value is -3.89. The van der Waals surface area contributed by atoms with Gasteiger partial charge in [0, 0.05) is 38.2 Å². The summed E-state index contributed by atoms with van der Waals surface area (Å²) in [7, 11) is -3.05. The maximum absolute atomic E-state index is 14.9. The molecule has 2 aliphatic rings. The second-order valence-corrected chi connectivity index (χ2v) is 12.9. The number of nitrogens with one attached hydrogen (secondary N) is 1. The third kappa shape index (κ3) is 5.48. The third-order valence-corrected chi connectivity index (χ3v) is 9.55. The Balaban J connectivity index is 1.30. The van der Waals surface area contributed by atoms with Crippen LogP contribution in [0.3, 0.4) is 0 Å². The Morgan fingerprint density at radius 3 is 2.83 bits per heavy atom. The Morgan fingerprint density at radius 2 is 2.10 bits per heavy atom. The maximum atomic E-state index is 14.9. The molecule has 1 unspecified atom stereocenters. The minimum absolute atomic E-state index is 0.0231. The summed E-state index contributed by atoms with van der Waals surface area (Å²) in [6.45, 7) is 2.70. The molecule has 3 atom stereocenters. The van der Waals surface area contributed by atoms with Crippen LogP contribution >= 0.6 is 11.3 Å². The van der Waals surface area contributed by atoms with Gasteiger partial charge in [0.25, 0.3) is 5.91 Å². The van der Waals surface area contributed by atoms with E-state index in [9.17, 15) is 22.0 Å². The first-order valence-electron chi connectivity index (χ1n) is 13.1. The average Bonchev–Trinajstić information content (AvgIpc) is 3.76.